The Hall–Kier alpha value is -1.64. The van der Waals surface area contributed by atoms with Gasteiger partial charge >= 0.3 is 7.12 Å². The molecule has 1 N–H and O–H groups in total. The van der Waals surface area contributed by atoms with Gasteiger partial charge in [0.25, 0.3) is 0 Å². The normalized spacial score (nSPS) is 16.4. The van der Waals surface area contributed by atoms with Gasteiger partial charge in [0.2, 0.25) is 6.54 Å². The summed E-state index contributed by atoms with van der Waals surface area (Å²) in [5.41, 5.74) is 1.11. The van der Waals surface area contributed by atoms with Gasteiger partial charge in [0.05, 0.1) is 6.61 Å². The van der Waals surface area contributed by atoms with Gasteiger partial charge in [-0.05, 0) is 18.1 Å². The lowest BCUT2D eigenvalue weighted by Gasteiger charge is -2.11. The lowest BCUT2D eigenvalue weighted by molar-refractivity contribution is -0.490. The first kappa shape index (κ1) is 17.7. The van der Waals surface area contributed by atoms with Crippen molar-refractivity contribution in [3.8, 4) is 5.75 Å². The smallest absolute Gasteiger partial charge is 0.494 e. The first-order chi connectivity index (χ1) is 11.1. The molecular formula is C15H22BNO6. The van der Waals surface area contributed by atoms with Gasteiger partial charge in [-0.2, -0.15) is 0 Å². The van der Waals surface area contributed by atoms with E-state index >= 15 is 0 Å². The zero-order valence-corrected chi connectivity index (χ0v) is 13.3. The Morgan fingerprint density at radius 3 is 2.87 bits per heavy atom. The molecule has 0 saturated heterocycles. The third-order valence-corrected chi connectivity index (χ3v) is 3.63. The van der Waals surface area contributed by atoms with Gasteiger partial charge in [-0.1, -0.05) is 25.5 Å². The summed E-state index contributed by atoms with van der Waals surface area (Å²) < 4.78 is 16.4. The third-order valence-electron chi connectivity index (χ3n) is 3.63. The second-order valence-electron chi connectivity index (χ2n) is 5.42. The number of ether oxygens (including phenoxy) is 2. The lowest BCUT2D eigenvalue weighted by Crippen LogP contribution is -2.30. The van der Waals surface area contributed by atoms with E-state index in [1.807, 2.05) is 0 Å². The third kappa shape index (κ3) is 4.92. The number of benzene rings is 1. The Bertz CT molecular complexity index is 527. The van der Waals surface area contributed by atoms with Crippen LogP contribution >= 0.6 is 0 Å². The van der Waals surface area contributed by atoms with Crippen molar-refractivity contribution in [2.75, 3.05) is 26.4 Å². The van der Waals surface area contributed by atoms with E-state index in [1.165, 1.54) is 0 Å². The minimum absolute atomic E-state index is 0.376. The van der Waals surface area contributed by atoms with Crippen LogP contribution in [0.3, 0.4) is 0 Å². The van der Waals surface area contributed by atoms with Gasteiger partial charge in [-0.15, -0.1) is 0 Å². The first-order valence-electron chi connectivity index (χ1n) is 7.92. The molecule has 0 bridgehead atoms. The van der Waals surface area contributed by atoms with Crippen molar-refractivity contribution >= 4 is 12.6 Å². The molecule has 0 aliphatic carbocycles. The molecule has 1 heterocycles. The predicted molar refractivity (Wildman–Crippen MR) is 85.6 cm³/mol. The van der Waals surface area contributed by atoms with E-state index in [0.717, 1.165) is 25.9 Å². The molecule has 1 aromatic carbocycles. The molecule has 1 aliphatic rings. The average Bonchev–Trinajstić information content (AvgIpc) is 2.83. The maximum absolute atomic E-state index is 10.7. The van der Waals surface area contributed by atoms with Crippen LogP contribution in [0.4, 0.5) is 0 Å². The monoisotopic (exact) mass is 323 g/mol. The molecule has 23 heavy (non-hydrogen) atoms. The number of rotatable bonds is 10. The molecule has 7 nitrogen and oxygen atoms in total. The summed E-state index contributed by atoms with van der Waals surface area (Å²) in [6.07, 6.45) is 2.16. The highest BCUT2D eigenvalue weighted by Gasteiger charge is 2.40. The molecule has 0 radical (unpaired) electrons. The summed E-state index contributed by atoms with van der Waals surface area (Å²) in [5.74, 6) is 0.509. The Kier molecular flexibility index (Phi) is 6.82. The van der Waals surface area contributed by atoms with Crippen LogP contribution in [-0.4, -0.2) is 43.4 Å². The molecule has 0 spiro atoms. The Morgan fingerprint density at radius 2 is 2.13 bits per heavy atom. The van der Waals surface area contributed by atoms with Gasteiger partial charge in [0.15, 0.2) is 0 Å². The second kappa shape index (κ2) is 8.86. The lowest BCUT2D eigenvalue weighted by atomic mass is 9.78. The summed E-state index contributed by atoms with van der Waals surface area (Å²) in [7, 11) is -1.19. The molecule has 0 amide bonds. The topological polar surface area (TPSA) is 91.1 Å². The zero-order valence-electron chi connectivity index (χ0n) is 13.3. The quantitative estimate of drug-likeness (QED) is 0.302. The molecule has 0 saturated carbocycles. The van der Waals surface area contributed by atoms with Crippen molar-refractivity contribution in [3.05, 3.63) is 33.9 Å². The fraction of sp³-hybridized carbons (Fsp3) is 0.600. The van der Waals surface area contributed by atoms with Crippen LogP contribution in [0.25, 0.3) is 0 Å². The van der Waals surface area contributed by atoms with Crippen LogP contribution in [-0.2, 0) is 9.39 Å². The summed E-state index contributed by atoms with van der Waals surface area (Å²) in [6, 6.07) is 5.21. The molecule has 1 aromatic rings. The molecule has 2 rings (SSSR count). The number of hydrogen-bond donors (Lipinski definition) is 1. The van der Waals surface area contributed by atoms with E-state index in [4.69, 9.17) is 14.1 Å². The summed E-state index contributed by atoms with van der Waals surface area (Å²) in [5, 5.41) is 20.7. The Labute approximate surface area is 135 Å². The summed E-state index contributed by atoms with van der Waals surface area (Å²) >= 11 is 0. The molecule has 126 valence electrons. The largest absolute Gasteiger partial charge is 0.496 e. The fourth-order valence-corrected chi connectivity index (χ4v) is 2.50. The van der Waals surface area contributed by atoms with E-state index in [1.54, 1.807) is 18.2 Å². The van der Waals surface area contributed by atoms with Crippen LogP contribution < -0.4 is 10.2 Å². The number of unbranched alkanes of at least 4 members (excludes halogenated alkanes) is 1. The number of hydrogen-bond acceptors (Lipinski definition) is 6. The predicted octanol–water partition coefficient (Wildman–Crippen LogP) is 1.31. The van der Waals surface area contributed by atoms with Crippen molar-refractivity contribution in [3.63, 3.8) is 0 Å². The highest BCUT2D eigenvalue weighted by atomic mass is 16.6. The van der Waals surface area contributed by atoms with E-state index < -0.39 is 18.1 Å². The molecule has 1 atom stereocenters. The van der Waals surface area contributed by atoms with Crippen molar-refractivity contribution in [1.29, 1.82) is 0 Å². The van der Waals surface area contributed by atoms with E-state index in [-0.39, 0.29) is 6.54 Å². The molecule has 1 aliphatic heterocycles. The number of fused-ring (bicyclic) bond motifs is 1. The SMILES string of the molecule is CCCCOCCCOc1cccc2c1B(O)O[C@@H]2C[N+](=O)[O-]. The van der Waals surface area contributed by atoms with Crippen LogP contribution in [0, 0.1) is 10.1 Å². The number of nitro groups is 1. The van der Waals surface area contributed by atoms with E-state index in [9.17, 15) is 15.1 Å². The van der Waals surface area contributed by atoms with Crippen molar-refractivity contribution in [2.24, 2.45) is 0 Å². The zero-order chi connectivity index (χ0) is 16.7. The van der Waals surface area contributed by atoms with Crippen molar-refractivity contribution < 1.29 is 24.1 Å². The van der Waals surface area contributed by atoms with Crippen LogP contribution in [0.5, 0.6) is 5.75 Å². The van der Waals surface area contributed by atoms with Gasteiger partial charge in [0.1, 0.15) is 11.9 Å². The average molecular weight is 323 g/mol. The van der Waals surface area contributed by atoms with Crippen LogP contribution in [0.15, 0.2) is 18.2 Å². The minimum Gasteiger partial charge on any atom is -0.494 e. The fourth-order valence-electron chi connectivity index (χ4n) is 2.50. The van der Waals surface area contributed by atoms with Crippen LogP contribution in [0.2, 0.25) is 0 Å². The second-order valence-corrected chi connectivity index (χ2v) is 5.42. The van der Waals surface area contributed by atoms with Crippen molar-refractivity contribution in [1.82, 2.24) is 0 Å². The number of nitrogens with zero attached hydrogens (tertiary/aromatic N) is 1. The van der Waals surface area contributed by atoms with E-state index in [2.05, 4.69) is 6.92 Å². The summed E-state index contributed by atoms with van der Waals surface area (Å²) in [4.78, 5) is 10.2. The Morgan fingerprint density at radius 1 is 1.35 bits per heavy atom. The Balaban J connectivity index is 1.89. The standard InChI is InChI=1S/C15H22BNO6/c1-2-3-8-21-9-5-10-22-13-7-4-6-12-14(11-17(19)20)23-16(18)15(12)13/h4,6-7,14,18H,2-3,5,8-11H2,1H3/t14-/m1/s1. The van der Waals surface area contributed by atoms with Gasteiger partial charge in [0, 0.05) is 30.0 Å². The molecule has 8 heteroatoms. The van der Waals surface area contributed by atoms with Gasteiger partial charge in [-0.25, -0.2) is 0 Å². The molecule has 0 aromatic heterocycles. The highest BCUT2D eigenvalue weighted by Crippen LogP contribution is 2.27. The van der Waals surface area contributed by atoms with Crippen molar-refractivity contribution in [2.45, 2.75) is 32.3 Å². The van der Waals surface area contributed by atoms with E-state index in [0.29, 0.717) is 30.0 Å². The highest BCUT2D eigenvalue weighted by molar-refractivity contribution is 6.62. The van der Waals surface area contributed by atoms with Gasteiger partial charge in [-0.3, -0.25) is 10.1 Å². The first-order valence-corrected chi connectivity index (χ1v) is 7.92. The molecule has 0 fully saturated rings. The van der Waals surface area contributed by atoms with Gasteiger partial charge < -0.3 is 19.2 Å². The summed E-state index contributed by atoms with van der Waals surface area (Å²) in [6.45, 7) is 3.57. The molecular weight excluding hydrogens is 301 g/mol. The maximum Gasteiger partial charge on any atom is 0.496 e. The van der Waals surface area contributed by atoms with Crippen LogP contribution in [0.1, 0.15) is 37.9 Å². The molecule has 0 unspecified atom stereocenters. The maximum atomic E-state index is 10.7. The minimum atomic E-state index is -1.19.